The number of anilines is 1. The summed E-state index contributed by atoms with van der Waals surface area (Å²) in [4.78, 5) is 53.1. The lowest BCUT2D eigenvalue weighted by molar-refractivity contribution is -0.384. The van der Waals surface area contributed by atoms with E-state index in [1.54, 1.807) is 5.38 Å². The molecule has 0 radical (unpaired) electrons. The van der Waals surface area contributed by atoms with Crippen LogP contribution in [0.15, 0.2) is 47.8 Å². The molecule has 9 nitrogen and oxygen atoms in total. The maximum absolute atomic E-state index is 12.6. The highest BCUT2D eigenvalue weighted by Gasteiger charge is 2.37. The number of carbonyl (C=O) groups is 3. The summed E-state index contributed by atoms with van der Waals surface area (Å²) in [5.41, 5.74) is 2.12. The van der Waals surface area contributed by atoms with Crippen LogP contribution in [0.3, 0.4) is 0 Å². The summed E-state index contributed by atoms with van der Waals surface area (Å²) in [5.74, 6) is -1.35. The van der Waals surface area contributed by atoms with Gasteiger partial charge in [0.2, 0.25) is 5.91 Å². The standard InChI is InChI=1S/C21H16N4O5S/c1-12-2-4-13(5-3-12)22-18(26)9-19-23-14(11-31-19)10-24-20(27)16-7-6-15(25(29)30)8-17(16)21(24)28/h2-8,11H,9-10H2,1H3,(H,22,26). The molecule has 4 rings (SSSR count). The van der Waals surface area contributed by atoms with Gasteiger partial charge in [-0.3, -0.25) is 29.4 Å². The van der Waals surface area contributed by atoms with Gasteiger partial charge in [0.05, 0.1) is 34.7 Å². The Bertz CT molecular complexity index is 1220. The van der Waals surface area contributed by atoms with Crippen molar-refractivity contribution in [1.82, 2.24) is 9.88 Å². The van der Waals surface area contributed by atoms with Crippen LogP contribution >= 0.6 is 11.3 Å². The second-order valence-corrected chi connectivity index (χ2v) is 7.95. The molecule has 2 heterocycles. The Morgan fingerprint density at radius 3 is 2.55 bits per heavy atom. The highest BCUT2D eigenvalue weighted by molar-refractivity contribution is 7.09. The second kappa shape index (κ2) is 8.07. The number of nitrogens with one attached hydrogen (secondary N) is 1. The van der Waals surface area contributed by atoms with Gasteiger partial charge in [0.15, 0.2) is 0 Å². The first kappa shape index (κ1) is 20.4. The minimum absolute atomic E-state index is 0.00660. The van der Waals surface area contributed by atoms with E-state index in [0.29, 0.717) is 16.4 Å². The van der Waals surface area contributed by atoms with Gasteiger partial charge >= 0.3 is 0 Å². The average Bonchev–Trinajstić information content (AvgIpc) is 3.27. The molecule has 2 aromatic carbocycles. The van der Waals surface area contributed by atoms with E-state index in [4.69, 9.17) is 0 Å². The molecule has 156 valence electrons. The number of benzene rings is 2. The van der Waals surface area contributed by atoms with Gasteiger partial charge in [-0.15, -0.1) is 11.3 Å². The SMILES string of the molecule is Cc1ccc(NC(=O)Cc2nc(CN3C(=O)c4ccc([N+](=O)[O-])cc4C3=O)cs2)cc1. The van der Waals surface area contributed by atoms with Gasteiger partial charge in [0.1, 0.15) is 5.01 Å². The molecule has 0 saturated heterocycles. The van der Waals surface area contributed by atoms with Gasteiger partial charge in [0, 0.05) is 23.2 Å². The zero-order valence-corrected chi connectivity index (χ0v) is 17.1. The summed E-state index contributed by atoms with van der Waals surface area (Å²) in [7, 11) is 0. The Morgan fingerprint density at radius 1 is 1.13 bits per heavy atom. The Kier molecular flexibility index (Phi) is 5.30. The monoisotopic (exact) mass is 436 g/mol. The summed E-state index contributed by atoms with van der Waals surface area (Å²) in [6.45, 7) is 1.88. The van der Waals surface area contributed by atoms with Crippen molar-refractivity contribution >= 4 is 40.4 Å². The van der Waals surface area contributed by atoms with Crippen molar-refractivity contribution in [3.05, 3.63) is 85.4 Å². The van der Waals surface area contributed by atoms with Gasteiger partial charge in [-0.25, -0.2) is 4.98 Å². The molecule has 0 fully saturated rings. The lowest BCUT2D eigenvalue weighted by Crippen LogP contribution is -2.29. The van der Waals surface area contributed by atoms with Crippen LogP contribution in [0.1, 0.15) is 37.0 Å². The summed E-state index contributed by atoms with van der Waals surface area (Å²) < 4.78 is 0. The van der Waals surface area contributed by atoms with Crippen molar-refractivity contribution in [2.24, 2.45) is 0 Å². The molecule has 0 aliphatic carbocycles. The largest absolute Gasteiger partial charge is 0.326 e. The fraction of sp³-hybridized carbons (Fsp3) is 0.143. The van der Waals surface area contributed by atoms with Crippen molar-refractivity contribution in [2.45, 2.75) is 19.9 Å². The van der Waals surface area contributed by atoms with Crippen molar-refractivity contribution in [3.63, 3.8) is 0 Å². The molecule has 1 aliphatic rings. The lowest BCUT2D eigenvalue weighted by atomic mass is 10.1. The molecule has 10 heteroatoms. The fourth-order valence-corrected chi connectivity index (χ4v) is 3.96. The van der Waals surface area contributed by atoms with Crippen LogP contribution in [0.25, 0.3) is 0 Å². The molecular formula is C21H16N4O5S. The molecule has 0 atom stereocenters. The third kappa shape index (κ3) is 4.19. The quantitative estimate of drug-likeness (QED) is 0.359. The highest BCUT2D eigenvalue weighted by Crippen LogP contribution is 2.28. The van der Waals surface area contributed by atoms with Gasteiger partial charge < -0.3 is 5.32 Å². The van der Waals surface area contributed by atoms with Crippen LogP contribution < -0.4 is 5.32 Å². The Hall–Kier alpha value is -3.92. The molecule has 0 saturated carbocycles. The predicted octanol–water partition coefficient (Wildman–Crippen LogP) is 3.34. The summed E-state index contributed by atoms with van der Waals surface area (Å²) >= 11 is 1.26. The zero-order valence-electron chi connectivity index (χ0n) is 16.3. The van der Waals surface area contributed by atoms with E-state index in [0.717, 1.165) is 16.5 Å². The van der Waals surface area contributed by atoms with Crippen LogP contribution in [0.4, 0.5) is 11.4 Å². The first-order chi connectivity index (χ1) is 14.8. The molecule has 3 aromatic rings. The van der Waals surface area contributed by atoms with Crippen molar-refractivity contribution in [1.29, 1.82) is 0 Å². The number of hydrogen-bond acceptors (Lipinski definition) is 7. The van der Waals surface area contributed by atoms with Crippen LogP contribution in [0.5, 0.6) is 0 Å². The number of hydrogen-bond donors (Lipinski definition) is 1. The minimum atomic E-state index is -0.616. The normalized spacial score (nSPS) is 12.7. The summed E-state index contributed by atoms with van der Waals surface area (Å²) in [5, 5.41) is 16.0. The second-order valence-electron chi connectivity index (χ2n) is 7.01. The van der Waals surface area contributed by atoms with E-state index >= 15 is 0 Å². The maximum atomic E-state index is 12.6. The molecule has 0 bridgehead atoms. The number of nitro groups is 1. The summed E-state index contributed by atoms with van der Waals surface area (Å²) in [6, 6.07) is 11.0. The third-order valence-corrected chi connectivity index (χ3v) is 5.63. The Morgan fingerprint density at radius 2 is 1.84 bits per heavy atom. The average molecular weight is 436 g/mol. The van der Waals surface area contributed by atoms with Crippen molar-refractivity contribution in [3.8, 4) is 0 Å². The number of amides is 3. The number of aryl methyl sites for hydroxylation is 1. The predicted molar refractivity (Wildman–Crippen MR) is 113 cm³/mol. The number of imide groups is 1. The zero-order chi connectivity index (χ0) is 22.1. The Balaban J connectivity index is 1.42. The molecule has 1 aromatic heterocycles. The van der Waals surface area contributed by atoms with E-state index in [1.807, 2.05) is 31.2 Å². The molecule has 0 spiro atoms. The molecule has 0 unspecified atom stereocenters. The Labute approximate surface area is 180 Å². The number of rotatable bonds is 6. The van der Waals surface area contributed by atoms with Crippen molar-refractivity contribution < 1.29 is 19.3 Å². The van der Waals surface area contributed by atoms with Crippen LogP contribution in [0.2, 0.25) is 0 Å². The van der Waals surface area contributed by atoms with E-state index in [1.165, 1.54) is 23.5 Å². The molecule has 3 amide bonds. The first-order valence-electron chi connectivity index (χ1n) is 9.26. The molecule has 1 N–H and O–H groups in total. The maximum Gasteiger partial charge on any atom is 0.270 e. The van der Waals surface area contributed by atoms with Gasteiger partial charge in [-0.05, 0) is 25.1 Å². The number of non-ortho nitro benzene ring substituents is 1. The van der Waals surface area contributed by atoms with E-state index in [-0.39, 0.29) is 35.7 Å². The van der Waals surface area contributed by atoms with Crippen molar-refractivity contribution in [2.75, 3.05) is 5.32 Å². The smallest absolute Gasteiger partial charge is 0.270 e. The molecular weight excluding hydrogens is 420 g/mol. The molecule has 1 aliphatic heterocycles. The van der Waals surface area contributed by atoms with Gasteiger partial charge in [0.25, 0.3) is 17.5 Å². The van der Waals surface area contributed by atoms with E-state index in [9.17, 15) is 24.5 Å². The molecule has 31 heavy (non-hydrogen) atoms. The fourth-order valence-electron chi connectivity index (χ4n) is 3.18. The number of carbonyl (C=O) groups excluding carboxylic acids is 3. The first-order valence-corrected chi connectivity index (χ1v) is 10.1. The van der Waals surface area contributed by atoms with Gasteiger partial charge in [-0.1, -0.05) is 17.7 Å². The minimum Gasteiger partial charge on any atom is -0.326 e. The van der Waals surface area contributed by atoms with Crippen LogP contribution in [-0.2, 0) is 17.8 Å². The van der Waals surface area contributed by atoms with Gasteiger partial charge in [-0.2, -0.15) is 0 Å². The number of nitro benzene ring substituents is 1. The summed E-state index contributed by atoms with van der Waals surface area (Å²) in [6.07, 6.45) is 0.0624. The van der Waals surface area contributed by atoms with Crippen LogP contribution in [0, 0.1) is 17.0 Å². The third-order valence-electron chi connectivity index (χ3n) is 4.73. The topological polar surface area (TPSA) is 123 Å². The van der Waals surface area contributed by atoms with Crippen LogP contribution in [-0.4, -0.2) is 32.5 Å². The number of fused-ring (bicyclic) bond motifs is 1. The number of thiazole rings is 1. The number of aromatic nitrogens is 1. The number of nitrogens with zero attached hydrogens (tertiary/aromatic N) is 3. The van der Waals surface area contributed by atoms with E-state index < -0.39 is 16.7 Å². The van der Waals surface area contributed by atoms with E-state index in [2.05, 4.69) is 10.3 Å². The highest BCUT2D eigenvalue weighted by atomic mass is 32.1. The lowest BCUT2D eigenvalue weighted by Gasteiger charge is -2.11.